The van der Waals surface area contributed by atoms with E-state index >= 15 is 0 Å². The third-order valence-corrected chi connectivity index (χ3v) is 9.11. The Bertz CT molecular complexity index is 2110. The number of nitrogens with zero attached hydrogens (tertiary/aromatic N) is 1. The molecule has 0 atom stereocenters. The SMILES string of the molecule is Cc1cc2c(cc1C)-c1cccc3c1B2c1ccccc1N3c1ccc2ccc3cccc4ccc1c2c34. The lowest BCUT2D eigenvalue weighted by atomic mass is 9.37. The minimum atomic E-state index is 0.266. The number of hydrogen-bond acceptors (Lipinski definition) is 1. The van der Waals surface area contributed by atoms with Gasteiger partial charge in [0.1, 0.15) is 0 Å². The quantitative estimate of drug-likeness (QED) is 0.174. The third kappa shape index (κ3) is 2.43. The zero-order valence-electron chi connectivity index (χ0n) is 21.4. The molecule has 38 heavy (non-hydrogen) atoms. The number of hydrogen-bond donors (Lipinski definition) is 0. The van der Waals surface area contributed by atoms with Crippen LogP contribution in [0, 0.1) is 13.8 Å². The number of para-hydroxylation sites is 1. The van der Waals surface area contributed by atoms with Crippen LogP contribution >= 0.6 is 0 Å². The summed E-state index contributed by atoms with van der Waals surface area (Å²) in [6, 6.07) is 41.2. The van der Waals surface area contributed by atoms with E-state index in [1.54, 1.807) is 0 Å². The molecule has 0 saturated carbocycles. The molecule has 2 heterocycles. The van der Waals surface area contributed by atoms with Gasteiger partial charge in [-0.1, -0.05) is 96.5 Å². The Kier molecular flexibility index (Phi) is 3.80. The van der Waals surface area contributed by atoms with Crippen molar-refractivity contribution in [3.8, 4) is 11.1 Å². The van der Waals surface area contributed by atoms with E-state index in [4.69, 9.17) is 0 Å². The second kappa shape index (κ2) is 7.05. The van der Waals surface area contributed by atoms with Crippen LogP contribution in [0.3, 0.4) is 0 Å². The highest BCUT2D eigenvalue weighted by Crippen LogP contribution is 2.45. The van der Waals surface area contributed by atoms with Gasteiger partial charge in [-0.25, -0.2) is 0 Å². The van der Waals surface area contributed by atoms with Crippen LogP contribution in [0.5, 0.6) is 0 Å². The fourth-order valence-electron chi connectivity index (χ4n) is 7.31. The molecule has 2 heteroatoms. The van der Waals surface area contributed by atoms with Crippen LogP contribution in [0.1, 0.15) is 11.1 Å². The summed E-state index contributed by atoms with van der Waals surface area (Å²) in [6.07, 6.45) is 0. The number of benzene rings is 7. The summed E-state index contributed by atoms with van der Waals surface area (Å²) in [4.78, 5) is 2.53. The Morgan fingerprint density at radius 2 is 1.18 bits per heavy atom. The maximum Gasteiger partial charge on any atom is 0.248 e. The van der Waals surface area contributed by atoms with Gasteiger partial charge in [0.2, 0.25) is 6.71 Å². The van der Waals surface area contributed by atoms with E-state index in [2.05, 4.69) is 128 Å². The molecule has 9 rings (SSSR count). The monoisotopic (exact) mass is 481 g/mol. The first kappa shape index (κ1) is 20.5. The Morgan fingerprint density at radius 3 is 2.05 bits per heavy atom. The number of anilines is 3. The van der Waals surface area contributed by atoms with Crippen molar-refractivity contribution in [1.29, 1.82) is 0 Å². The van der Waals surface area contributed by atoms with Crippen molar-refractivity contribution >= 4 is 72.5 Å². The van der Waals surface area contributed by atoms with Crippen LogP contribution in [0.25, 0.3) is 43.4 Å². The Morgan fingerprint density at radius 1 is 0.500 bits per heavy atom. The molecule has 0 spiro atoms. The van der Waals surface area contributed by atoms with Crippen molar-refractivity contribution < 1.29 is 0 Å². The number of aryl methyl sites for hydroxylation is 2. The second-order valence-corrected chi connectivity index (χ2v) is 11.0. The number of rotatable bonds is 1. The zero-order chi connectivity index (χ0) is 25.1. The molecule has 2 aliphatic heterocycles. The molecule has 0 saturated heterocycles. The van der Waals surface area contributed by atoms with Crippen LogP contribution in [0.2, 0.25) is 0 Å². The summed E-state index contributed by atoms with van der Waals surface area (Å²) < 4.78 is 0. The molecule has 2 aliphatic rings. The van der Waals surface area contributed by atoms with Crippen molar-refractivity contribution in [3.63, 3.8) is 0 Å². The predicted molar refractivity (Wildman–Crippen MR) is 164 cm³/mol. The van der Waals surface area contributed by atoms with Gasteiger partial charge in [0.25, 0.3) is 0 Å². The van der Waals surface area contributed by atoms with Crippen LogP contribution < -0.4 is 21.3 Å². The van der Waals surface area contributed by atoms with E-state index in [1.807, 2.05) is 0 Å². The Hall–Kier alpha value is -4.56. The predicted octanol–water partition coefficient (Wildman–Crippen LogP) is 7.48. The summed E-state index contributed by atoms with van der Waals surface area (Å²) >= 11 is 0. The minimum Gasteiger partial charge on any atom is -0.311 e. The van der Waals surface area contributed by atoms with Gasteiger partial charge in [0, 0.05) is 16.8 Å². The van der Waals surface area contributed by atoms with Crippen LogP contribution in [-0.2, 0) is 0 Å². The molecule has 0 aliphatic carbocycles. The molecule has 176 valence electrons. The van der Waals surface area contributed by atoms with Gasteiger partial charge in [-0.15, -0.1) is 0 Å². The summed E-state index contributed by atoms with van der Waals surface area (Å²) in [5, 5.41) is 7.94. The smallest absolute Gasteiger partial charge is 0.248 e. The Balaban J connectivity index is 1.40. The van der Waals surface area contributed by atoms with E-state index in [9.17, 15) is 0 Å². The van der Waals surface area contributed by atoms with Crippen molar-refractivity contribution in [2.24, 2.45) is 0 Å². The summed E-state index contributed by atoms with van der Waals surface area (Å²) in [5.41, 5.74) is 13.6. The molecule has 0 fully saturated rings. The van der Waals surface area contributed by atoms with Crippen molar-refractivity contribution in [1.82, 2.24) is 0 Å². The lowest BCUT2D eigenvalue weighted by molar-refractivity contribution is 1.31. The van der Waals surface area contributed by atoms with E-state index in [-0.39, 0.29) is 6.71 Å². The fourth-order valence-corrected chi connectivity index (χ4v) is 7.31. The van der Waals surface area contributed by atoms with E-state index in [1.165, 1.54) is 88.0 Å². The maximum absolute atomic E-state index is 2.53. The molecule has 0 radical (unpaired) electrons. The van der Waals surface area contributed by atoms with E-state index in [0.717, 1.165) is 0 Å². The summed E-state index contributed by atoms with van der Waals surface area (Å²) in [5.74, 6) is 0. The second-order valence-electron chi connectivity index (χ2n) is 11.0. The van der Waals surface area contributed by atoms with Gasteiger partial charge in [-0.3, -0.25) is 0 Å². The highest BCUT2D eigenvalue weighted by atomic mass is 15.2. The van der Waals surface area contributed by atoms with E-state index < -0.39 is 0 Å². The van der Waals surface area contributed by atoms with Crippen LogP contribution in [0.4, 0.5) is 17.1 Å². The first-order valence-electron chi connectivity index (χ1n) is 13.5. The zero-order valence-corrected chi connectivity index (χ0v) is 21.4. The average molecular weight is 481 g/mol. The van der Waals surface area contributed by atoms with E-state index in [0.29, 0.717) is 0 Å². The lowest BCUT2D eigenvalue weighted by Crippen LogP contribution is -2.54. The van der Waals surface area contributed by atoms with Gasteiger partial charge in [-0.2, -0.15) is 0 Å². The van der Waals surface area contributed by atoms with Gasteiger partial charge in [0.05, 0.1) is 5.69 Å². The third-order valence-electron chi connectivity index (χ3n) is 9.11. The summed E-state index contributed by atoms with van der Waals surface area (Å²) in [7, 11) is 0. The molecule has 7 aromatic carbocycles. The van der Waals surface area contributed by atoms with Gasteiger partial charge in [0.15, 0.2) is 0 Å². The van der Waals surface area contributed by atoms with Crippen molar-refractivity contribution in [3.05, 3.63) is 120 Å². The summed E-state index contributed by atoms with van der Waals surface area (Å²) in [6.45, 7) is 4.74. The van der Waals surface area contributed by atoms with Gasteiger partial charge < -0.3 is 4.90 Å². The van der Waals surface area contributed by atoms with Crippen LogP contribution in [0.15, 0.2) is 109 Å². The average Bonchev–Trinajstić information content (AvgIpc) is 3.27. The molecule has 0 N–H and O–H groups in total. The van der Waals surface area contributed by atoms with Crippen molar-refractivity contribution in [2.45, 2.75) is 13.8 Å². The van der Waals surface area contributed by atoms with Crippen molar-refractivity contribution in [2.75, 3.05) is 4.90 Å². The topological polar surface area (TPSA) is 3.24 Å². The minimum absolute atomic E-state index is 0.266. The maximum atomic E-state index is 2.53. The lowest BCUT2D eigenvalue weighted by Gasteiger charge is -2.36. The molecule has 0 aromatic heterocycles. The Labute approximate surface area is 222 Å². The molecule has 0 unspecified atom stereocenters. The standard InChI is InChI=1S/C36H24BN/c1-21-19-28-26-9-6-12-33-36(26)37(30(28)20-22(21)2)29-10-3-4-11-32(29)38(33)31-18-16-25-14-13-23-7-5-8-24-15-17-27(31)35(25)34(23)24/h3-20H,1-2H3. The molecule has 0 amide bonds. The molecule has 7 aromatic rings. The first-order valence-corrected chi connectivity index (χ1v) is 13.5. The molecular formula is C36H24BN. The first-order chi connectivity index (χ1) is 18.7. The molecule has 1 nitrogen and oxygen atoms in total. The number of fused-ring (bicyclic) bond motifs is 5. The fraction of sp³-hybridized carbons (Fsp3) is 0.0556. The highest BCUT2D eigenvalue weighted by Gasteiger charge is 2.42. The van der Waals surface area contributed by atoms with Gasteiger partial charge >= 0.3 is 0 Å². The molecule has 0 bridgehead atoms. The normalized spacial score (nSPS) is 13.4. The van der Waals surface area contributed by atoms with Gasteiger partial charge in [-0.05, 0) is 92.2 Å². The highest BCUT2D eigenvalue weighted by molar-refractivity contribution is 7.01. The largest absolute Gasteiger partial charge is 0.311 e. The van der Waals surface area contributed by atoms with Crippen LogP contribution in [-0.4, -0.2) is 6.71 Å². The molecular weight excluding hydrogens is 457 g/mol.